The molecule has 0 aromatic rings. The van der Waals surface area contributed by atoms with Crippen molar-refractivity contribution in [3.63, 3.8) is 0 Å². The highest BCUT2D eigenvalue weighted by Gasteiger charge is 2.24. The monoisotopic (exact) mass is 228 g/mol. The van der Waals surface area contributed by atoms with Crippen molar-refractivity contribution < 1.29 is 14.4 Å². The van der Waals surface area contributed by atoms with Gasteiger partial charge in [0.15, 0.2) is 0 Å². The van der Waals surface area contributed by atoms with Gasteiger partial charge in [0.05, 0.1) is 7.11 Å². The van der Waals surface area contributed by atoms with E-state index in [0.717, 1.165) is 25.7 Å². The molecule has 0 heterocycles. The predicted octanol–water partition coefficient (Wildman–Crippen LogP) is 0.749. The maximum atomic E-state index is 11.8. The summed E-state index contributed by atoms with van der Waals surface area (Å²) in [7, 11) is 1.37. The zero-order chi connectivity index (χ0) is 12.0. The lowest BCUT2D eigenvalue weighted by molar-refractivity contribution is -0.137. The molecule has 0 aromatic carbocycles. The van der Waals surface area contributed by atoms with Crippen LogP contribution in [0, 0.1) is 5.92 Å². The molecule has 1 rings (SSSR count). The number of amides is 2. The van der Waals surface area contributed by atoms with E-state index < -0.39 is 6.04 Å². The van der Waals surface area contributed by atoms with Gasteiger partial charge >= 0.3 is 0 Å². The third kappa shape index (κ3) is 3.81. The summed E-state index contributed by atoms with van der Waals surface area (Å²) in [6.07, 6.45) is 5.30. The molecule has 0 aliphatic heterocycles. The van der Waals surface area contributed by atoms with Gasteiger partial charge in [0.1, 0.15) is 6.04 Å². The van der Waals surface area contributed by atoms with Crippen molar-refractivity contribution in [3.8, 4) is 0 Å². The lowest BCUT2D eigenvalue weighted by Gasteiger charge is -2.22. The SMILES string of the molecule is CONC(=O)C(C)NC(=O)C1CCCCC1. The van der Waals surface area contributed by atoms with Gasteiger partial charge in [-0.2, -0.15) is 0 Å². The summed E-state index contributed by atoms with van der Waals surface area (Å²) in [4.78, 5) is 27.6. The Morgan fingerprint density at radius 3 is 2.44 bits per heavy atom. The van der Waals surface area contributed by atoms with Gasteiger partial charge in [0.2, 0.25) is 5.91 Å². The van der Waals surface area contributed by atoms with Crippen LogP contribution in [0.2, 0.25) is 0 Å². The van der Waals surface area contributed by atoms with Gasteiger partial charge in [-0.3, -0.25) is 14.4 Å². The molecule has 0 radical (unpaired) electrons. The summed E-state index contributed by atoms with van der Waals surface area (Å²) in [5.41, 5.74) is 2.20. The van der Waals surface area contributed by atoms with Crippen LogP contribution in [0.3, 0.4) is 0 Å². The first-order valence-electron chi connectivity index (χ1n) is 5.78. The third-order valence-corrected chi connectivity index (χ3v) is 2.93. The molecule has 0 aromatic heterocycles. The van der Waals surface area contributed by atoms with Crippen LogP contribution >= 0.6 is 0 Å². The van der Waals surface area contributed by atoms with Gasteiger partial charge in [0.25, 0.3) is 5.91 Å². The van der Waals surface area contributed by atoms with E-state index in [2.05, 4.69) is 15.6 Å². The molecule has 0 spiro atoms. The van der Waals surface area contributed by atoms with E-state index in [4.69, 9.17) is 0 Å². The van der Waals surface area contributed by atoms with E-state index in [0.29, 0.717) is 0 Å². The minimum Gasteiger partial charge on any atom is -0.344 e. The van der Waals surface area contributed by atoms with Crippen LogP contribution in [0.5, 0.6) is 0 Å². The average Bonchev–Trinajstić information content (AvgIpc) is 2.30. The summed E-state index contributed by atoms with van der Waals surface area (Å²) in [5.74, 6) is -0.267. The van der Waals surface area contributed by atoms with E-state index in [-0.39, 0.29) is 17.7 Å². The highest BCUT2D eigenvalue weighted by atomic mass is 16.6. The molecular formula is C11H20N2O3. The van der Waals surface area contributed by atoms with Gasteiger partial charge in [-0.1, -0.05) is 19.3 Å². The first-order valence-corrected chi connectivity index (χ1v) is 5.78. The Hall–Kier alpha value is -1.10. The van der Waals surface area contributed by atoms with Crippen LogP contribution in [0.1, 0.15) is 39.0 Å². The molecule has 0 saturated heterocycles. The van der Waals surface area contributed by atoms with Crippen molar-refractivity contribution in [1.82, 2.24) is 10.8 Å². The van der Waals surface area contributed by atoms with Crippen molar-refractivity contribution >= 4 is 11.8 Å². The van der Waals surface area contributed by atoms with Crippen LogP contribution < -0.4 is 10.8 Å². The van der Waals surface area contributed by atoms with Crippen LogP contribution in [-0.4, -0.2) is 25.0 Å². The van der Waals surface area contributed by atoms with Crippen LogP contribution in [0.25, 0.3) is 0 Å². The zero-order valence-electron chi connectivity index (χ0n) is 9.91. The standard InChI is InChI=1S/C11H20N2O3/c1-8(10(14)13-16-2)12-11(15)9-6-4-3-5-7-9/h8-9H,3-7H2,1-2H3,(H,12,15)(H,13,14). The molecule has 5 heteroatoms. The fraction of sp³-hybridized carbons (Fsp3) is 0.818. The van der Waals surface area contributed by atoms with E-state index >= 15 is 0 Å². The third-order valence-electron chi connectivity index (χ3n) is 2.93. The highest BCUT2D eigenvalue weighted by Crippen LogP contribution is 2.23. The maximum Gasteiger partial charge on any atom is 0.265 e. The summed E-state index contributed by atoms with van der Waals surface area (Å²) >= 11 is 0. The predicted molar refractivity (Wildman–Crippen MR) is 59.3 cm³/mol. The second-order valence-electron chi connectivity index (χ2n) is 4.24. The molecule has 16 heavy (non-hydrogen) atoms. The summed E-state index contributed by atoms with van der Waals surface area (Å²) in [6.45, 7) is 1.65. The van der Waals surface area contributed by atoms with Crippen molar-refractivity contribution in [1.29, 1.82) is 0 Å². The number of hydrogen-bond donors (Lipinski definition) is 2. The van der Waals surface area contributed by atoms with Crippen molar-refractivity contribution in [2.45, 2.75) is 45.1 Å². The normalized spacial score (nSPS) is 18.9. The Kier molecular flexibility index (Phi) is 5.25. The van der Waals surface area contributed by atoms with E-state index in [1.807, 2.05) is 0 Å². The van der Waals surface area contributed by atoms with Gasteiger partial charge in [-0.25, -0.2) is 5.48 Å². The molecule has 2 N–H and O–H groups in total. The van der Waals surface area contributed by atoms with Crippen LogP contribution in [-0.2, 0) is 14.4 Å². The molecule has 1 fully saturated rings. The Morgan fingerprint density at radius 1 is 1.25 bits per heavy atom. The molecular weight excluding hydrogens is 208 g/mol. The summed E-state index contributed by atoms with van der Waals surface area (Å²) in [6, 6.07) is -0.547. The van der Waals surface area contributed by atoms with Crippen LogP contribution in [0.15, 0.2) is 0 Å². The summed E-state index contributed by atoms with van der Waals surface area (Å²) < 4.78 is 0. The molecule has 5 nitrogen and oxygen atoms in total. The second-order valence-corrected chi connectivity index (χ2v) is 4.24. The Labute approximate surface area is 95.9 Å². The van der Waals surface area contributed by atoms with Crippen LogP contribution in [0.4, 0.5) is 0 Å². The molecule has 1 saturated carbocycles. The summed E-state index contributed by atoms with van der Waals surface area (Å²) in [5, 5.41) is 2.70. The number of nitrogens with one attached hydrogen (secondary N) is 2. The van der Waals surface area contributed by atoms with Gasteiger partial charge in [0, 0.05) is 5.92 Å². The van der Waals surface area contributed by atoms with Gasteiger partial charge in [-0.05, 0) is 19.8 Å². The lowest BCUT2D eigenvalue weighted by atomic mass is 9.88. The number of carbonyl (C=O) groups is 2. The molecule has 1 unspecified atom stereocenters. The van der Waals surface area contributed by atoms with Crippen molar-refractivity contribution in [3.05, 3.63) is 0 Å². The topological polar surface area (TPSA) is 67.4 Å². The Balaban J connectivity index is 2.34. The zero-order valence-corrected chi connectivity index (χ0v) is 9.91. The fourth-order valence-electron chi connectivity index (χ4n) is 1.95. The van der Waals surface area contributed by atoms with E-state index in [9.17, 15) is 9.59 Å². The minimum atomic E-state index is -0.547. The first-order chi connectivity index (χ1) is 7.65. The fourth-order valence-corrected chi connectivity index (χ4v) is 1.95. The molecule has 0 bridgehead atoms. The lowest BCUT2D eigenvalue weighted by Crippen LogP contribution is -2.46. The quantitative estimate of drug-likeness (QED) is 0.698. The number of hydrogen-bond acceptors (Lipinski definition) is 3. The second kappa shape index (κ2) is 6.48. The molecule has 92 valence electrons. The van der Waals surface area contributed by atoms with Crippen molar-refractivity contribution in [2.75, 3.05) is 7.11 Å². The molecule has 2 amide bonds. The van der Waals surface area contributed by atoms with E-state index in [1.165, 1.54) is 13.5 Å². The van der Waals surface area contributed by atoms with Gasteiger partial charge < -0.3 is 5.32 Å². The molecule has 1 aliphatic carbocycles. The Bertz CT molecular complexity index is 250. The maximum absolute atomic E-state index is 11.8. The molecule has 1 atom stereocenters. The van der Waals surface area contributed by atoms with Crippen molar-refractivity contribution in [2.24, 2.45) is 5.92 Å². The largest absolute Gasteiger partial charge is 0.344 e. The smallest absolute Gasteiger partial charge is 0.265 e. The van der Waals surface area contributed by atoms with Gasteiger partial charge in [-0.15, -0.1) is 0 Å². The molecule has 1 aliphatic rings. The average molecular weight is 228 g/mol. The first kappa shape index (κ1) is 13.0. The minimum absolute atomic E-state index is 0.0153. The number of carbonyl (C=O) groups excluding carboxylic acids is 2. The van der Waals surface area contributed by atoms with E-state index in [1.54, 1.807) is 6.92 Å². The highest BCUT2D eigenvalue weighted by molar-refractivity contribution is 5.87. The number of rotatable bonds is 4. The Morgan fingerprint density at radius 2 is 1.88 bits per heavy atom. The number of hydroxylamine groups is 1.